The lowest BCUT2D eigenvalue weighted by Crippen LogP contribution is -2.05. The van der Waals surface area contributed by atoms with Crippen LogP contribution < -0.4 is 18.9 Å². The number of hydrogen-bond donors (Lipinski definition) is 0. The summed E-state index contributed by atoms with van der Waals surface area (Å²) in [5.74, 6) is 0.477. The summed E-state index contributed by atoms with van der Waals surface area (Å²) in [6, 6.07) is 16.9. The van der Waals surface area contributed by atoms with E-state index in [1.165, 1.54) is 40.6 Å². The van der Waals surface area contributed by atoms with Crippen LogP contribution in [0.1, 0.15) is 21.5 Å². The highest BCUT2D eigenvalue weighted by molar-refractivity contribution is 6.32. The maximum atomic E-state index is 14.2. The van der Waals surface area contributed by atoms with Crippen LogP contribution in [-0.2, 0) is 0 Å². The molecule has 5 nitrogen and oxygen atoms in total. The monoisotopic (exact) mass is 422 g/mol. The first-order chi connectivity index (χ1) is 15.0. The Hall–Kier alpha value is -3.80. The normalized spacial score (nSPS) is 11.1. The van der Waals surface area contributed by atoms with Crippen LogP contribution in [-0.4, -0.2) is 34.2 Å². The van der Waals surface area contributed by atoms with Gasteiger partial charge in [-0.25, -0.2) is 4.39 Å². The summed E-state index contributed by atoms with van der Waals surface area (Å²) in [5, 5.41) is 0. The molecular formula is C25H23FO5. The summed E-state index contributed by atoms with van der Waals surface area (Å²) in [6.07, 6.45) is 1.64. The first-order valence-electron chi connectivity index (χ1n) is 9.47. The molecule has 6 heteroatoms. The van der Waals surface area contributed by atoms with Crippen molar-refractivity contribution in [3.05, 3.63) is 83.2 Å². The molecule has 0 aliphatic heterocycles. The summed E-state index contributed by atoms with van der Waals surface area (Å²) in [5.41, 5.74) is 1.95. The van der Waals surface area contributed by atoms with Gasteiger partial charge in [0.2, 0.25) is 5.75 Å². The Morgan fingerprint density at radius 3 is 1.87 bits per heavy atom. The van der Waals surface area contributed by atoms with Crippen LogP contribution >= 0.6 is 0 Å². The molecule has 0 saturated heterocycles. The molecule has 160 valence electrons. The molecule has 0 bridgehead atoms. The molecule has 0 aromatic heterocycles. The number of ketones is 1. The highest BCUT2D eigenvalue weighted by Crippen LogP contribution is 2.39. The third-order valence-electron chi connectivity index (χ3n) is 4.74. The van der Waals surface area contributed by atoms with E-state index in [4.69, 9.17) is 18.9 Å². The molecule has 0 amide bonds. The predicted molar refractivity (Wildman–Crippen MR) is 118 cm³/mol. The van der Waals surface area contributed by atoms with E-state index in [1.807, 2.05) is 30.3 Å². The van der Waals surface area contributed by atoms with Crippen molar-refractivity contribution >= 4 is 17.4 Å². The minimum absolute atomic E-state index is 0.134. The Balaban J connectivity index is 2.15. The molecule has 0 fully saturated rings. The number of methoxy groups -OCH3 is 4. The van der Waals surface area contributed by atoms with Gasteiger partial charge in [-0.15, -0.1) is 0 Å². The number of carbonyl (C=O) groups is 1. The number of Topliss-reactive ketones (excluding diaryl/α,β-unsaturated/α-hetero) is 1. The van der Waals surface area contributed by atoms with E-state index < -0.39 is 5.82 Å². The van der Waals surface area contributed by atoms with Crippen molar-refractivity contribution in [2.24, 2.45) is 0 Å². The molecule has 3 aromatic carbocycles. The lowest BCUT2D eigenvalue weighted by atomic mass is 9.94. The number of ether oxygens (including phenoxy) is 4. The molecule has 0 aliphatic carbocycles. The average molecular weight is 422 g/mol. The van der Waals surface area contributed by atoms with E-state index in [1.54, 1.807) is 24.3 Å². The van der Waals surface area contributed by atoms with Crippen molar-refractivity contribution in [2.45, 2.75) is 0 Å². The van der Waals surface area contributed by atoms with Crippen LogP contribution in [0.5, 0.6) is 23.0 Å². The molecule has 0 radical (unpaired) electrons. The van der Waals surface area contributed by atoms with Gasteiger partial charge in [-0.2, -0.15) is 0 Å². The lowest BCUT2D eigenvalue weighted by Gasteiger charge is -2.15. The largest absolute Gasteiger partial charge is 0.494 e. The second-order valence-corrected chi connectivity index (χ2v) is 6.56. The van der Waals surface area contributed by atoms with Crippen LogP contribution in [0.25, 0.3) is 11.6 Å². The van der Waals surface area contributed by atoms with E-state index in [0.29, 0.717) is 39.5 Å². The van der Waals surface area contributed by atoms with E-state index in [9.17, 15) is 9.18 Å². The summed E-state index contributed by atoms with van der Waals surface area (Å²) < 4.78 is 35.3. The highest BCUT2D eigenvalue weighted by atomic mass is 19.1. The van der Waals surface area contributed by atoms with E-state index in [-0.39, 0.29) is 11.5 Å². The Bertz CT molecular complexity index is 1080. The number of allylic oxidation sites excluding steroid dienone is 1. The number of halogens is 1. The molecule has 0 saturated carbocycles. The predicted octanol–water partition coefficient (Wildman–Crippen LogP) is 5.28. The Morgan fingerprint density at radius 2 is 1.35 bits per heavy atom. The van der Waals surface area contributed by atoms with Crippen LogP contribution in [0.2, 0.25) is 0 Å². The van der Waals surface area contributed by atoms with Gasteiger partial charge in [0.1, 0.15) is 0 Å². The third-order valence-corrected chi connectivity index (χ3v) is 4.74. The van der Waals surface area contributed by atoms with Crippen molar-refractivity contribution in [3.63, 3.8) is 0 Å². The van der Waals surface area contributed by atoms with E-state index >= 15 is 0 Å². The fourth-order valence-electron chi connectivity index (χ4n) is 3.20. The standard InChI is InChI=1S/C25H23FO5/c1-28-21-11-10-16(13-20(21)26)12-19(17-8-6-5-7-9-17)24(27)18-14-22(29-2)25(31-4)23(15-18)30-3/h5-15H,1-4H3. The molecule has 3 aromatic rings. The van der Waals surface area contributed by atoms with Crippen molar-refractivity contribution < 1.29 is 28.1 Å². The van der Waals surface area contributed by atoms with Gasteiger partial charge in [-0.05, 0) is 41.5 Å². The molecule has 3 rings (SSSR count). The van der Waals surface area contributed by atoms with Crippen LogP contribution in [0.3, 0.4) is 0 Å². The fourth-order valence-corrected chi connectivity index (χ4v) is 3.20. The van der Waals surface area contributed by atoms with Gasteiger partial charge in [-0.1, -0.05) is 36.4 Å². The number of benzene rings is 3. The van der Waals surface area contributed by atoms with Crippen LogP contribution in [0, 0.1) is 5.82 Å². The summed E-state index contributed by atoms with van der Waals surface area (Å²) >= 11 is 0. The lowest BCUT2D eigenvalue weighted by molar-refractivity contribution is 0.105. The van der Waals surface area contributed by atoms with Crippen LogP contribution in [0.15, 0.2) is 60.7 Å². The zero-order valence-electron chi connectivity index (χ0n) is 17.8. The molecular weight excluding hydrogens is 399 g/mol. The highest BCUT2D eigenvalue weighted by Gasteiger charge is 2.20. The van der Waals surface area contributed by atoms with Crippen molar-refractivity contribution in [1.82, 2.24) is 0 Å². The van der Waals surface area contributed by atoms with Gasteiger partial charge < -0.3 is 18.9 Å². The molecule has 0 heterocycles. The van der Waals surface area contributed by atoms with E-state index in [0.717, 1.165) is 0 Å². The van der Waals surface area contributed by atoms with Crippen molar-refractivity contribution in [1.29, 1.82) is 0 Å². The van der Waals surface area contributed by atoms with Crippen LogP contribution in [0.4, 0.5) is 4.39 Å². The molecule has 0 aliphatic rings. The van der Waals surface area contributed by atoms with Gasteiger partial charge in [0, 0.05) is 11.1 Å². The Labute approximate surface area is 180 Å². The first kappa shape index (κ1) is 21.9. The Kier molecular flexibility index (Phi) is 6.92. The van der Waals surface area contributed by atoms with Gasteiger partial charge in [0.25, 0.3) is 0 Å². The molecule has 0 unspecified atom stereocenters. The van der Waals surface area contributed by atoms with Gasteiger partial charge in [-0.3, -0.25) is 4.79 Å². The fraction of sp³-hybridized carbons (Fsp3) is 0.160. The van der Waals surface area contributed by atoms with Gasteiger partial charge in [0.15, 0.2) is 28.8 Å². The number of rotatable bonds is 8. The number of carbonyl (C=O) groups excluding carboxylic acids is 1. The zero-order valence-corrected chi connectivity index (χ0v) is 17.8. The number of hydrogen-bond acceptors (Lipinski definition) is 5. The first-order valence-corrected chi connectivity index (χ1v) is 9.47. The summed E-state index contributed by atoms with van der Waals surface area (Å²) in [7, 11) is 5.87. The molecule has 0 N–H and O–H groups in total. The summed E-state index contributed by atoms with van der Waals surface area (Å²) in [4.78, 5) is 13.6. The minimum atomic E-state index is -0.510. The maximum Gasteiger partial charge on any atom is 0.203 e. The van der Waals surface area contributed by atoms with Crippen molar-refractivity contribution in [2.75, 3.05) is 28.4 Å². The second-order valence-electron chi connectivity index (χ2n) is 6.56. The van der Waals surface area contributed by atoms with E-state index in [2.05, 4.69) is 0 Å². The second kappa shape index (κ2) is 9.80. The van der Waals surface area contributed by atoms with Gasteiger partial charge >= 0.3 is 0 Å². The van der Waals surface area contributed by atoms with Crippen molar-refractivity contribution in [3.8, 4) is 23.0 Å². The quantitative estimate of drug-likeness (QED) is 0.281. The Morgan fingerprint density at radius 1 is 0.742 bits per heavy atom. The third kappa shape index (κ3) is 4.69. The topological polar surface area (TPSA) is 54.0 Å². The smallest absolute Gasteiger partial charge is 0.203 e. The molecule has 31 heavy (non-hydrogen) atoms. The molecule has 0 atom stereocenters. The molecule has 0 spiro atoms. The summed E-state index contributed by atoms with van der Waals surface area (Å²) in [6.45, 7) is 0. The minimum Gasteiger partial charge on any atom is -0.494 e. The SMILES string of the molecule is COc1ccc(C=C(C(=O)c2cc(OC)c(OC)c(OC)c2)c2ccccc2)cc1F. The maximum absolute atomic E-state index is 14.2. The average Bonchev–Trinajstić information content (AvgIpc) is 2.81. The zero-order chi connectivity index (χ0) is 22.4. The van der Waals surface area contributed by atoms with Gasteiger partial charge in [0.05, 0.1) is 28.4 Å².